The van der Waals surface area contributed by atoms with E-state index in [0.717, 1.165) is 48.2 Å². The number of hydrogen-bond donors (Lipinski definition) is 1. The maximum absolute atomic E-state index is 4.53. The van der Waals surface area contributed by atoms with Crippen LogP contribution in [0.2, 0.25) is 0 Å². The Morgan fingerprint density at radius 1 is 1.19 bits per heavy atom. The first-order valence-electron chi connectivity index (χ1n) is 6.04. The summed E-state index contributed by atoms with van der Waals surface area (Å²) in [6, 6.07) is 2.04. The second kappa shape index (κ2) is 7.49. The maximum Gasteiger partial charge on any atom is 0.132 e. The van der Waals surface area contributed by atoms with Gasteiger partial charge in [0.05, 0.1) is 0 Å². The number of rotatable bonds is 7. The van der Waals surface area contributed by atoms with Crippen LogP contribution in [0.5, 0.6) is 0 Å². The van der Waals surface area contributed by atoms with Gasteiger partial charge in [-0.3, -0.25) is 0 Å². The number of aryl methyl sites for hydroxylation is 1. The number of hydrogen-bond acceptors (Lipinski definition) is 4. The first kappa shape index (κ1) is 13.3. The molecule has 0 saturated heterocycles. The molecule has 1 heterocycles. The van der Waals surface area contributed by atoms with Gasteiger partial charge in [0.15, 0.2) is 0 Å². The van der Waals surface area contributed by atoms with Crippen molar-refractivity contribution in [2.75, 3.05) is 17.6 Å². The number of nitrogens with one attached hydrogen (secondary N) is 1. The predicted octanol–water partition coefficient (Wildman–Crippen LogP) is 3.36. The number of nitrogens with zero attached hydrogens (tertiary/aromatic N) is 2. The molecule has 4 heteroatoms. The molecule has 1 aromatic heterocycles. The lowest BCUT2D eigenvalue weighted by molar-refractivity contribution is 0.808. The van der Waals surface area contributed by atoms with E-state index in [0.29, 0.717) is 0 Å². The molecule has 16 heavy (non-hydrogen) atoms. The minimum atomic E-state index is 0.957. The van der Waals surface area contributed by atoms with Gasteiger partial charge in [-0.25, -0.2) is 9.97 Å². The molecular formula is C12H21N3S. The third-order valence-electron chi connectivity index (χ3n) is 2.07. The molecule has 0 atom stereocenters. The Kier molecular flexibility index (Phi) is 6.23. The van der Waals surface area contributed by atoms with Gasteiger partial charge in [-0.2, -0.15) is 0 Å². The Bertz CT molecular complexity index is 291. The van der Waals surface area contributed by atoms with Crippen LogP contribution in [0.15, 0.2) is 11.1 Å². The molecule has 0 radical (unpaired) electrons. The summed E-state index contributed by atoms with van der Waals surface area (Å²) in [5, 5.41) is 4.41. The summed E-state index contributed by atoms with van der Waals surface area (Å²) in [7, 11) is 0. The average Bonchev–Trinajstić information content (AvgIpc) is 2.27. The number of anilines is 1. The van der Waals surface area contributed by atoms with E-state index in [1.54, 1.807) is 11.8 Å². The molecule has 0 amide bonds. The van der Waals surface area contributed by atoms with Crippen LogP contribution in [0.3, 0.4) is 0 Å². The third-order valence-corrected chi connectivity index (χ3v) is 2.86. The lowest BCUT2D eigenvalue weighted by atomic mass is 10.3. The lowest BCUT2D eigenvalue weighted by Gasteiger charge is -2.08. The van der Waals surface area contributed by atoms with E-state index in [9.17, 15) is 0 Å². The summed E-state index contributed by atoms with van der Waals surface area (Å²) < 4.78 is 0. The van der Waals surface area contributed by atoms with Gasteiger partial charge < -0.3 is 5.32 Å². The third kappa shape index (κ3) is 4.39. The molecule has 0 saturated carbocycles. The fourth-order valence-electron chi connectivity index (χ4n) is 1.37. The van der Waals surface area contributed by atoms with Crippen LogP contribution in [-0.4, -0.2) is 22.3 Å². The number of thioether (sulfide) groups is 1. The highest BCUT2D eigenvalue weighted by Crippen LogP contribution is 2.18. The summed E-state index contributed by atoms with van der Waals surface area (Å²) in [4.78, 5) is 9.04. The number of aromatic nitrogens is 2. The quantitative estimate of drug-likeness (QED) is 0.585. The van der Waals surface area contributed by atoms with Crippen molar-refractivity contribution in [2.24, 2.45) is 0 Å². The van der Waals surface area contributed by atoms with E-state index in [4.69, 9.17) is 0 Å². The van der Waals surface area contributed by atoms with E-state index < -0.39 is 0 Å². The van der Waals surface area contributed by atoms with Gasteiger partial charge in [-0.1, -0.05) is 20.8 Å². The minimum absolute atomic E-state index is 0.957. The average molecular weight is 239 g/mol. The monoisotopic (exact) mass is 239 g/mol. The predicted molar refractivity (Wildman–Crippen MR) is 71.2 cm³/mol. The normalized spacial score (nSPS) is 10.4. The molecule has 1 N–H and O–H groups in total. The van der Waals surface area contributed by atoms with E-state index in [1.807, 2.05) is 6.07 Å². The van der Waals surface area contributed by atoms with Crippen molar-refractivity contribution >= 4 is 17.6 Å². The molecule has 3 nitrogen and oxygen atoms in total. The van der Waals surface area contributed by atoms with Crippen LogP contribution in [0.4, 0.5) is 5.82 Å². The fourth-order valence-corrected chi connectivity index (χ4v) is 2.03. The van der Waals surface area contributed by atoms with Crippen molar-refractivity contribution < 1.29 is 0 Å². The standard InChI is InChI=1S/C12H21N3S/c1-4-7-10-14-11(13-8-5-2)9-12(15-10)16-6-3/h9H,4-8H2,1-3H3,(H,13,14,15). The van der Waals surface area contributed by atoms with E-state index in [-0.39, 0.29) is 0 Å². The van der Waals surface area contributed by atoms with E-state index >= 15 is 0 Å². The van der Waals surface area contributed by atoms with Crippen molar-refractivity contribution in [1.29, 1.82) is 0 Å². The molecule has 90 valence electrons. The summed E-state index contributed by atoms with van der Waals surface area (Å²) in [6.45, 7) is 7.43. The summed E-state index contributed by atoms with van der Waals surface area (Å²) >= 11 is 1.77. The zero-order chi connectivity index (χ0) is 11.8. The van der Waals surface area contributed by atoms with Gasteiger partial charge in [-0.15, -0.1) is 11.8 Å². The molecule has 0 aliphatic carbocycles. The van der Waals surface area contributed by atoms with Crippen LogP contribution in [-0.2, 0) is 6.42 Å². The maximum atomic E-state index is 4.53. The SMILES string of the molecule is CCCNc1cc(SCC)nc(CCC)n1. The summed E-state index contributed by atoms with van der Waals surface area (Å²) in [6.07, 6.45) is 3.16. The highest BCUT2D eigenvalue weighted by Gasteiger charge is 2.03. The van der Waals surface area contributed by atoms with Crippen LogP contribution in [0.25, 0.3) is 0 Å². The van der Waals surface area contributed by atoms with Crippen molar-refractivity contribution in [1.82, 2.24) is 9.97 Å². The first-order valence-corrected chi connectivity index (χ1v) is 7.03. The molecule has 0 aliphatic rings. The Hall–Kier alpha value is -0.770. The highest BCUT2D eigenvalue weighted by atomic mass is 32.2. The van der Waals surface area contributed by atoms with Crippen LogP contribution in [0.1, 0.15) is 39.4 Å². The second-order valence-corrected chi connectivity index (χ2v) is 4.90. The molecule has 0 fully saturated rings. The second-order valence-electron chi connectivity index (χ2n) is 3.62. The smallest absolute Gasteiger partial charge is 0.132 e. The Morgan fingerprint density at radius 3 is 2.62 bits per heavy atom. The molecule has 0 unspecified atom stereocenters. The van der Waals surface area contributed by atoms with Crippen molar-refractivity contribution in [3.8, 4) is 0 Å². The molecule has 0 aromatic carbocycles. The van der Waals surface area contributed by atoms with Crippen LogP contribution in [0, 0.1) is 0 Å². The van der Waals surface area contributed by atoms with Crippen molar-refractivity contribution in [2.45, 2.75) is 45.1 Å². The first-order chi connectivity index (χ1) is 7.80. The molecule has 1 aromatic rings. The Morgan fingerprint density at radius 2 is 2.00 bits per heavy atom. The zero-order valence-electron chi connectivity index (χ0n) is 10.4. The van der Waals surface area contributed by atoms with Gasteiger partial charge in [-0.05, 0) is 18.6 Å². The highest BCUT2D eigenvalue weighted by molar-refractivity contribution is 7.99. The zero-order valence-corrected chi connectivity index (χ0v) is 11.2. The van der Waals surface area contributed by atoms with Crippen molar-refractivity contribution in [3.63, 3.8) is 0 Å². The Balaban J connectivity index is 2.80. The van der Waals surface area contributed by atoms with Crippen LogP contribution >= 0.6 is 11.8 Å². The minimum Gasteiger partial charge on any atom is -0.370 e. The van der Waals surface area contributed by atoms with E-state index in [2.05, 4.69) is 36.1 Å². The van der Waals surface area contributed by atoms with Crippen LogP contribution < -0.4 is 5.32 Å². The lowest BCUT2D eigenvalue weighted by Crippen LogP contribution is -2.05. The molecule has 1 rings (SSSR count). The summed E-state index contributed by atoms with van der Waals surface area (Å²) in [5.41, 5.74) is 0. The van der Waals surface area contributed by atoms with Gasteiger partial charge >= 0.3 is 0 Å². The van der Waals surface area contributed by atoms with Gasteiger partial charge in [0.1, 0.15) is 16.7 Å². The van der Waals surface area contributed by atoms with Crippen molar-refractivity contribution in [3.05, 3.63) is 11.9 Å². The molecule has 0 spiro atoms. The fraction of sp³-hybridized carbons (Fsp3) is 0.667. The summed E-state index contributed by atoms with van der Waals surface area (Å²) in [5.74, 6) is 2.98. The molecular weight excluding hydrogens is 218 g/mol. The largest absolute Gasteiger partial charge is 0.370 e. The van der Waals surface area contributed by atoms with Gasteiger partial charge in [0.25, 0.3) is 0 Å². The Labute approximate surface area is 102 Å². The topological polar surface area (TPSA) is 37.8 Å². The van der Waals surface area contributed by atoms with Gasteiger partial charge in [0, 0.05) is 19.0 Å². The van der Waals surface area contributed by atoms with Gasteiger partial charge in [0.2, 0.25) is 0 Å². The molecule has 0 bridgehead atoms. The molecule has 0 aliphatic heterocycles. The van der Waals surface area contributed by atoms with E-state index in [1.165, 1.54) is 0 Å².